The van der Waals surface area contributed by atoms with E-state index in [1.807, 2.05) is 24.3 Å². The lowest BCUT2D eigenvalue weighted by molar-refractivity contribution is 0.0660. The van der Waals surface area contributed by atoms with Crippen LogP contribution in [0.25, 0.3) is 0 Å². The van der Waals surface area contributed by atoms with E-state index in [2.05, 4.69) is 5.32 Å². The topological polar surface area (TPSA) is 71.7 Å². The Bertz CT molecular complexity index is 545. The lowest BCUT2D eigenvalue weighted by atomic mass is 10.2. The fourth-order valence-electron chi connectivity index (χ4n) is 1.75. The van der Waals surface area contributed by atoms with Crippen LogP contribution in [0.1, 0.15) is 21.7 Å². The van der Waals surface area contributed by atoms with Crippen molar-refractivity contribution in [1.29, 1.82) is 0 Å². The second-order valence-electron chi connectivity index (χ2n) is 4.03. The first-order valence-electron chi connectivity index (χ1n) is 5.84. The molecule has 2 rings (SSSR count). The van der Waals surface area contributed by atoms with E-state index < -0.39 is 5.97 Å². The summed E-state index contributed by atoms with van der Waals surface area (Å²) in [5.41, 5.74) is 1.74. The molecule has 2 N–H and O–H groups in total. The van der Waals surface area contributed by atoms with Crippen LogP contribution in [0.4, 0.5) is 0 Å². The number of ether oxygens (including phenoxy) is 1. The van der Waals surface area contributed by atoms with Crippen molar-refractivity contribution in [2.75, 3.05) is 7.11 Å². The molecule has 0 amide bonds. The Morgan fingerprint density at radius 2 is 2.00 bits per heavy atom. The highest BCUT2D eigenvalue weighted by Crippen LogP contribution is 2.12. The van der Waals surface area contributed by atoms with E-state index in [1.54, 1.807) is 13.2 Å². The van der Waals surface area contributed by atoms with Crippen molar-refractivity contribution in [1.82, 2.24) is 5.32 Å². The van der Waals surface area contributed by atoms with Gasteiger partial charge in [-0.05, 0) is 23.8 Å². The van der Waals surface area contributed by atoms with Crippen molar-refractivity contribution in [3.63, 3.8) is 0 Å². The van der Waals surface area contributed by atoms with Crippen molar-refractivity contribution in [3.05, 3.63) is 53.5 Å². The molecule has 1 aromatic carbocycles. The van der Waals surface area contributed by atoms with Crippen LogP contribution in [0, 0.1) is 0 Å². The van der Waals surface area contributed by atoms with Crippen LogP contribution in [0.15, 0.2) is 41.0 Å². The number of hydrogen-bond donors (Lipinski definition) is 2. The molecule has 0 spiro atoms. The number of benzene rings is 1. The number of hydrogen-bond acceptors (Lipinski definition) is 4. The molecule has 100 valence electrons. The van der Waals surface area contributed by atoms with Gasteiger partial charge >= 0.3 is 5.97 Å². The summed E-state index contributed by atoms with van der Waals surface area (Å²) in [6.07, 6.45) is 1.38. The van der Waals surface area contributed by atoms with E-state index >= 15 is 0 Å². The van der Waals surface area contributed by atoms with Crippen molar-refractivity contribution in [2.24, 2.45) is 0 Å². The van der Waals surface area contributed by atoms with Gasteiger partial charge in [0.2, 0.25) is 5.76 Å². The van der Waals surface area contributed by atoms with Crippen LogP contribution in [0.2, 0.25) is 0 Å². The van der Waals surface area contributed by atoms with Crippen LogP contribution < -0.4 is 10.1 Å². The maximum absolute atomic E-state index is 10.9. The van der Waals surface area contributed by atoms with E-state index in [0.29, 0.717) is 18.7 Å². The highest BCUT2D eigenvalue weighted by Gasteiger charge is 2.12. The second-order valence-corrected chi connectivity index (χ2v) is 4.03. The fraction of sp³-hybridized carbons (Fsp3) is 0.214. The maximum atomic E-state index is 10.9. The summed E-state index contributed by atoms with van der Waals surface area (Å²) in [7, 11) is 1.62. The highest BCUT2D eigenvalue weighted by molar-refractivity contribution is 5.86. The van der Waals surface area contributed by atoms with Gasteiger partial charge < -0.3 is 19.6 Å². The number of carbonyl (C=O) groups is 1. The smallest absolute Gasteiger partial charge is 0.372 e. The first-order chi connectivity index (χ1) is 9.20. The van der Waals surface area contributed by atoms with E-state index in [1.165, 1.54) is 6.26 Å². The van der Waals surface area contributed by atoms with Gasteiger partial charge in [-0.3, -0.25) is 0 Å². The quantitative estimate of drug-likeness (QED) is 0.834. The summed E-state index contributed by atoms with van der Waals surface area (Å²) in [6, 6.07) is 9.35. The third-order valence-corrected chi connectivity index (χ3v) is 2.74. The molecule has 19 heavy (non-hydrogen) atoms. The lowest BCUT2D eigenvalue weighted by Crippen LogP contribution is -2.14. The van der Waals surface area contributed by atoms with Crippen LogP contribution in [0.3, 0.4) is 0 Å². The van der Waals surface area contributed by atoms with E-state index in [0.717, 1.165) is 11.3 Å². The molecule has 0 saturated heterocycles. The molecule has 1 heterocycles. The molecule has 2 aromatic rings. The monoisotopic (exact) mass is 261 g/mol. The Kier molecular flexibility index (Phi) is 4.20. The molecular weight excluding hydrogens is 246 g/mol. The zero-order valence-electron chi connectivity index (χ0n) is 10.6. The molecule has 0 fully saturated rings. The van der Waals surface area contributed by atoms with Crippen LogP contribution in [-0.2, 0) is 13.1 Å². The third kappa shape index (κ3) is 3.35. The SMILES string of the molecule is COc1ccc(CNCc2ccoc2C(=O)O)cc1. The Labute approximate surface area is 110 Å². The minimum atomic E-state index is -1.05. The van der Waals surface area contributed by atoms with Crippen LogP contribution in [0.5, 0.6) is 5.75 Å². The van der Waals surface area contributed by atoms with Gasteiger partial charge in [0.15, 0.2) is 0 Å². The molecule has 5 heteroatoms. The molecule has 0 saturated carbocycles. The number of carboxylic acids is 1. The summed E-state index contributed by atoms with van der Waals surface area (Å²) in [6.45, 7) is 1.10. The van der Waals surface area contributed by atoms with Gasteiger partial charge in [-0.25, -0.2) is 4.79 Å². The minimum absolute atomic E-state index is 0.0118. The molecule has 0 aliphatic heterocycles. The molecule has 0 unspecified atom stereocenters. The summed E-state index contributed by atoms with van der Waals surface area (Å²) in [4.78, 5) is 10.9. The predicted octanol–water partition coefficient (Wildman–Crippen LogP) is 2.28. The average molecular weight is 261 g/mol. The first-order valence-corrected chi connectivity index (χ1v) is 5.84. The molecule has 0 radical (unpaired) electrons. The van der Waals surface area contributed by atoms with Crippen molar-refractivity contribution < 1.29 is 19.1 Å². The molecule has 0 aliphatic carbocycles. The zero-order valence-corrected chi connectivity index (χ0v) is 10.6. The normalized spacial score (nSPS) is 10.4. The summed E-state index contributed by atoms with van der Waals surface area (Å²) in [5.74, 6) is -0.250. The second kappa shape index (κ2) is 6.06. The number of rotatable bonds is 6. The van der Waals surface area contributed by atoms with Gasteiger partial charge in [-0.15, -0.1) is 0 Å². The number of furan rings is 1. The first kappa shape index (κ1) is 13.2. The van der Waals surface area contributed by atoms with Gasteiger partial charge in [0.25, 0.3) is 0 Å². The molecule has 1 aromatic heterocycles. The van der Waals surface area contributed by atoms with Crippen LogP contribution >= 0.6 is 0 Å². The summed E-state index contributed by atoms with van der Waals surface area (Å²) < 4.78 is 9.98. The number of nitrogens with one attached hydrogen (secondary N) is 1. The fourth-order valence-corrected chi connectivity index (χ4v) is 1.75. The molecule has 0 atom stereocenters. The highest BCUT2D eigenvalue weighted by atomic mass is 16.5. The third-order valence-electron chi connectivity index (χ3n) is 2.74. The van der Waals surface area contributed by atoms with Gasteiger partial charge in [-0.2, -0.15) is 0 Å². The standard InChI is InChI=1S/C14H15NO4/c1-18-12-4-2-10(3-5-12)8-15-9-11-6-7-19-13(11)14(16)17/h2-7,15H,8-9H2,1H3,(H,16,17). The Balaban J connectivity index is 1.89. The van der Waals surface area contributed by atoms with E-state index in [4.69, 9.17) is 14.3 Å². The Hall–Kier alpha value is -2.27. The van der Waals surface area contributed by atoms with Crippen molar-refractivity contribution >= 4 is 5.97 Å². The largest absolute Gasteiger partial charge is 0.497 e. The molecule has 0 bridgehead atoms. The van der Waals surface area contributed by atoms with Gasteiger partial charge in [0.1, 0.15) is 5.75 Å². The number of methoxy groups -OCH3 is 1. The van der Waals surface area contributed by atoms with Crippen LogP contribution in [-0.4, -0.2) is 18.2 Å². The number of carboxylic acid groups (broad SMARTS) is 1. The molecule has 0 aliphatic rings. The molecular formula is C14H15NO4. The van der Waals surface area contributed by atoms with Gasteiger partial charge in [-0.1, -0.05) is 12.1 Å². The molecule has 5 nitrogen and oxygen atoms in total. The van der Waals surface area contributed by atoms with Gasteiger partial charge in [0.05, 0.1) is 13.4 Å². The van der Waals surface area contributed by atoms with Gasteiger partial charge in [0, 0.05) is 18.7 Å². The zero-order chi connectivity index (χ0) is 13.7. The maximum Gasteiger partial charge on any atom is 0.372 e. The Morgan fingerprint density at radius 3 is 2.63 bits per heavy atom. The summed E-state index contributed by atoms with van der Waals surface area (Å²) >= 11 is 0. The minimum Gasteiger partial charge on any atom is -0.497 e. The lowest BCUT2D eigenvalue weighted by Gasteiger charge is -2.05. The van der Waals surface area contributed by atoms with Crippen molar-refractivity contribution in [3.8, 4) is 5.75 Å². The number of aromatic carboxylic acids is 1. The van der Waals surface area contributed by atoms with Crippen molar-refractivity contribution in [2.45, 2.75) is 13.1 Å². The van der Waals surface area contributed by atoms with E-state index in [-0.39, 0.29) is 5.76 Å². The summed E-state index contributed by atoms with van der Waals surface area (Å²) in [5, 5.41) is 12.1. The Morgan fingerprint density at radius 1 is 1.26 bits per heavy atom. The predicted molar refractivity (Wildman–Crippen MR) is 69.2 cm³/mol. The van der Waals surface area contributed by atoms with E-state index in [9.17, 15) is 4.79 Å². The average Bonchev–Trinajstić information content (AvgIpc) is 2.88.